The molecule has 1 saturated heterocycles. The fourth-order valence-electron chi connectivity index (χ4n) is 4.68. The Labute approximate surface area is 239 Å². The summed E-state index contributed by atoms with van der Waals surface area (Å²) in [5.41, 5.74) is 6.76. The van der Waals surface area contributed by atoms with E-state index in [1.54, 1.807) is 32.0 Å². The maximum atomic E-state index is 13.5. The van der Waals surface area contributed by atoms with Crippen molar-refractivity contribution in [3.8, 4) is 5.75 Å². The SMILES string of the molecule is COc1cccc2[nH]c(C(=O)N[C@@H](CC(C)C)C(=O)N[C@@H](C[C@@H]3CCNC3=O)C(=O)COC(=O)[C@@H](N)C(C)C)cc12. The van der Waals surface area contributed by atoms with Crippen LogP contribution in [-0.4, -0.2) is 72.8 Å². The molecule has 12 nitrogen and oxygen atoms in total. The van der Waals surface area contributed by atoms with Crippen molar-refractivity contribution >= 4 is 40.4 Å². The van der Waals surface area contributed by atoms with Crippen LogP contribution >= 0.6 is 0 Å². The molecule has 0 aliphatic carbocycles. The first-order valence-electron chi connectivity index (χ1n) is 13.9. The summed E-state index contributed by atoms with van der Waals surface area (Å²) in [7, 11) is 1.54. The molecule has 0 radical (unpaired) electrons. The largest absolute Gasteiger partial charge is 0.496 e. The summed E-state index contributed by atoms with van der Waals surface area (Å²) < 4.78 is 10.5. The number of amides is 3. The predicted molar refractivity (Wildman–Crippen MR) is 152 cm³/mol. The lowest BCUT2D eigenvalue weighted by molar-refractivity contribution is -0.151. The molecule has 224 valence electrons. The summed E-state index contributed by atoms with van der Waals surface area (Å²) in [4.78, 5) is 67.3. The molecule has 0 saturated carbocycles. The van der Waals surface area contributed by atoms with Crippen molar-refractivity contribution in [2.24, 2.45) is 23.5 Å². The van der Waals surface area contributed by atoms with Crippen molar-refractivity contribution in [2.75, 3.05) is 20.3 Å². The highest BCUT2D eigenvalue weighted by atomic mass is 16.5. The molecule has 0 spiro atoms. The van der Waals surface area contributed by atoms with E-state index < -0.39 is 54.2 Å². The number of fused-ring (bicyclic) bond motifs is 1. The lowest BCUT2D eigenvalue weighted by atomic mass is 9.95. The van der Waals surface area contributed by atoms with Crippen molar-refractivity contribution in [3.63, 3.8) is 0 Å². The summed E-state index contributed by atoms with van der Waals surface area (Å²) in [6.45, 7) is 7.19. The Morgan fingerprint density at radius 1 is 1.10 bits per heavy atom. The average molecular weight is 572 g/mol. The van der Waals surface area contributed by atoms with E-state index in [1.165, 1.54) is 7.11 Å². The second kappa shape index (κ2) is 14.1. The zero-order chi connectivity index (χ0) is 30.3. The van der Waals surface area contributed by atoms with Crippen LogP contribution in [0.3, 0.4) is 0 Å². The third kappa shape index (κ3) is 8.29. The number of methoxy groups -OCH3 is 1. The van der Waals surface area contributed by atoms with Gasteiger partial charge in [-0.3, -0.25) is 24.0 Å². The van der Waals surface area contributed by atoms with Crippen molar-refractivity contribution in [1.29, 1.82) is 0 Å². The van der Waals surface area contributed by atoms with Crippen LogP contribution in [0.4, 0.5) is 0 Å². The van der Waals surface area contributed by atoms with Gasteiger partial charge in [0, 0.05) is 23.4 Å². The molecule has 4 atom stereocenters. The number of H-pyrrole nitrogens is 1. The van der Waals surface area contributed by atoms with Gasteiger partial charge in [0.15, 0.2) is 12.4 Å². The fraction of sp³-hybridized carbons (Fsp3) is 0.552. The Morgan fingerprint density at radius 3 is 2.44 bits per heavy atom. The first kappa shape index (κ1) is 31.6. The molecule has 0 unspecified atom stereocenters. The Morgan fingerprint density at radius 2 is 1.83 bits per heavy atom. The van der Waals surface area contributed by atoms with Gasteiger partial charge in [-0.1, -0.05) is 33.8 Å². The summed E-state index contributed by atoms with van der Waals surface area (Å²) in [5.74, 6) is -2.63. The minimum atomic E-state index is -1.11. The number of ether oxygens (including phenoxy) is 2. The molecule has 3 amide bonds. The first-order chi connectivity index (χ1) is 19.4. The van der Waals surface area contributed by atoms with E-state index in [9.17, 15) is 24.0 Å². The van der Waals surface area contributed by atoms with Gasteiger partial charge in [-0.05, 0) is 49.3 Å². The number of carbonyl (C=O) groups excluding carboxylic acids is 5. The van der Waals surface area contributed by atoms with Crippen molar-refractivity contribution in [3.05, 3.63) is 30.0 Å². The molecule has 2 aromatic rings. The lowest BCUT2D eigenvalue weighted by Crippen LogP contribution is -2.53. The molecule has 1 aliphatic rings. The molecule has 1 aromatic carbocycles. The second-order valence-electron chi connectivity index (χ2n) is 11.2. The van der Waals surface area contributed by atoms with Crippen molar-refractivity contribution in [2.45, 2.75) is 65.1 Å². The lowest BCUT2D eigenvalue weighted by Gasteiger charge is -2.25. The zero-order valence-corrected chi connectivity index (χ0v) is 24.2. The van der Waals surface area contributed by atoms with Crippen molar-refractivity contribution < 1.29 is 33.4 Å². The molecular weight excluding hydrogens is 530 g/mol. The van der Waals surface area contributed by atoms with Gasteiger partial charge in [0.05, 0.1) is 13.2 Å². The van der Waals surface area contributed by atoms with Gasteiger partial charge in [-0.25, -0.2) is 0 Å². The van der Waals surface area contributed by atoms with E-state index in [-0.39, 0.29) is 29.9 Å². The molecular formula is C29H41N5O7. The van der Waals surface area contributed by atoms with Crippen LogP contribution in [-0.2, 0) is 23.9 Å². The van der Waals surface area contributed by atoms with Crippen LogP contribution in [0.15, 0.2) is 24.3 Å². The van der Waals surface area contributed by atoms with Crippen LogP contribution in [0.1, 0.15) is 57.4 Å². The van der Waals surface area contributed by atoms with E-state index in [0.717, 1.165) is 5.39 Å². The maximum Gasteiger partial charge on any atom is 0.323 e. The number of aromatic amines is 1. The topological polar surface area (TPSA) is 182 Å². The third-order valence-corrected chi connectivity index (χ3v) is 7.15. The number of nitrogens with two attached hydrogens (primary N) is 1. The smallest absolute Gasteiger partial charge is 0.323 e. The van der Waals surface area contributed by atoms with Crippen LogP contribution in [0.5, 0.6) is 5.75 Å². The number of benzene rings is 1. The van der Waals surface area contributed by atoms with Crippen molar-refractivity contribution in [1.82, 2.24) is 20.9 Å². The molecule has 41 heavy (non-hydrogen) atoms. The normalized spacial score (nSPS) is 17.2. The number of hydrogen-bond acceptors (Lipinski definition) is 8. The number of hydrogen-bond donors (Lipinski definition) is 5. The summed E-state index contributed by atoms with van der Waals surface area (Å²) in [5, 5.41) is 8.93. The van der Waals surface area contributed by atoms with Gasteiger partial charge < -0.3 is 36.1 Å². The molecule has 1 aromatic heterocycles. The Balaban J connectivity index is 1.76. The highest BCUT2D eigenvalue weighted by Gasteiger charge is 2.34. The first-order valence-corrected chi connectivity index (χ1v) is 13.9. The number of Topliss-reactive ketones (excluding diaryl/α,β-unsaturated/α-hetero) is 1. The molecule has 2 heterocycles. The number of carbonyl (C=O) groups is 5. The molecule has 3 rings (SSSR count). The van der Waals surface area contributed by atoms with E-state index in [0.29, 0.717) is 30.7 Å². The van der Waals surface area contributed by atoms with Crippen LogP contribution in [0.2, 0.25) is 0 Å². The number of rotatable bonds is 14. The predicted octanol–water partition coefficient (Wildman–Crippen LogP) is 1.43. The van der Waals surface area contributed by atoms with Gasteiger partial charge in [-0.15, -0.1) is 0 Å². The Kier molecular flexibility index (Phi) is 10.9. The quantitative estimate of drug-likeness (QED) is 0.211. The summed E-state index contributed by atoms with van der Waals surface area (Å²) >= 11 is 0. The fourth-order valence-corrected chi connectivity index (χ4v) is 4.68. The average Bonchev–Trinajstić information content (AvgIpc) is 3.55. The van der Waals surface area contributed by atoms with E-state index in [2.05, 4.69) is 20.9 Å². The minimum Gasteiger partial charge on any atom is -0.496 e. The van der Waals surface area contributed by atoms with Crippen LogP contribution in [0, 0.1) is 17.8 Å². The molecule has 6 N–H and O–H groups in total. The number of nitrogens with one attached hydrogen (secondary N) is 4. The number of ketones is 1. The van der Waals surface area contributed by atoms with Gasteiger partial charge >= 0.3 is 5.97 Å². The maximum absolute atomic E-state index is 13.5. The molecule has 1 fully saturated rings. The number of aromatic nitrogens is 1. The van der Waals surface area contributed by atoms with E-state index in [1.807, 2.05) is 19.9 Å². The van der Waals surface area contributed by atoms with Crippen LogP contribution in [0.25, 0.3) is 10.9 Å². The second-order valence-corrected chi connectivity index (χ2v) is 11.2. The standard InChI is InChI=1S/C29H41N5O7/c1-15(2)11-21(34-28(38)22-13-18-19(32-22)7-6-8-24(18)40-5)27(37)33-20(12-17-9-10-31-26(17)36)23(35)14-41-29(39)25(30)16(3)4/h6-8,13,15-17,20-21,25,32H,9-12,14,30H2,1-5H3,(H,31,36)(H,33,37)(H,34,38)/t17-,20-,21-,25-/m0/s1. The zero-order valence-electron chi connectivity index (χ0n) is 24.2. The van der Waals surface area contributed by atoms with Crippen LogP contribution < -0.4 is 26.4 Å². The Bertz CT molecular complexity index is 1270. The highest BCUT2D eigenvalue weighted by Crippen LogP contribution is 2.26. The Hall–Kier alpha value is -3.93. The summed E-state index contributed by atoms with van der Waals surface area (Å²) in [6.07, 6.45) is 0.838. The van der Waals surface area contributed by atoms with Gasteiger partial charge in [0.2, 0.25) is 11.8 Å². The number of esters is 1. The molecule has 1 aliphatic heterocycles. The monoisotopic (exact) mass is 571 g/mol. The van der Waals surface area contributed by atoms with Gasteiger partial charge in [0.1, 0.15) is 23.5 Å². The summed E-state index contributed by atoms with van der Waals surface area (Å²) in [6, 6.07) is 4.06. The highest BCUT2D eigenvalue weighted by molar-refractivity contribution is 6.02. The van der Waals surface area contributed by atoms with Gasteiger partial charge in [0.25, 0.3) is 5.91 Å². The minimum absolute atomic E-state index is 0.0297. The van der Waals surface area contributed by atoms with E-state index in [4.69, 9.17) is 15.2 Å². The molecule has 0 bridgehead atoms. The van der Waals surface area contributed by atoms with Gasteiger partial charge in [-0.2, -0.15) is 0 Å². The van der Waals surface area contributed by atoms with E-state index >= 15 is 0 Å². The molecule has 12 heteroatoms. The third-order valence-electron chi connectivity index (χ3n) is 7.15.